The van der Waals surface area contributed by atoms with Crippen LogP contribution in [-0.2, 0) is 0 Å². The summed E-state index contributed by atoms with van der Waals surface area (Å²) < 4.78 is 0. The SMILES string of the molecule is C(=Cc1ccccc1-c1ncc[nH]1)c1ccc(-c2nc3ccccc3[nH]2)cc1. The molecule has 2 N–H and O–H groups in total. The molecule has 0 aliphatic rings. The van der Waals surface area contributed by atoms with Gasteiger partial charge in [-0.15, -0.1) is 0 Å². The number of aromatic nitrogens is 4. The molecule has 0 aliphatic carbocycles. The van der Waals surface area contributed by atoms with Crippen molar-refractivity contribution in [2.24, 2.45) is 0 Å². The molecule has 0 amide bonds. The Labute approximate surface area is 162 Å². The Kier molecular flexibility index (Phi) is 4.07. The fourth-order valence-corrected chi connectivity index (χ4v) is 3.30. The number of hydrogen-bond acceptors (Lipinski definition) is 2. The standard InChI is InChI=1S/C24H18N4/c1-2-6-20(24-25-15-16-26-24)18(5-1)12-9-17-10-13-19(14-11-17)23-27-21-7-3-4-8-22(21)28-23/h1-16H,(H,25,26)(H,27,28). The first-order valence-electron chi connectivity index (χ1n) is 9.19. The van der Waals surface area contributed by atoms with Crippen molar-refractivity contribution >= 4 is 23.2 Å². The monoisotopic (exact) mass is 362 g/mol. The Balaban J connectivity index is 1.41. The number of rotatable bonds is 4. The molecule has 134 valence electrons. The Morgan fingerprint density at radius 2 is 1.57 bits per heavy atom. The molecule has 3 aromatic carbocycles. The van der Waals surface area contributed by atoms with Crippen LogP contribution in [0.15, 0.2) is 85.2 Å². The summed E-state index contributed by atoms with van der Waals surface area (Å²) in [5.41, 5.74) is 6.45. The van der Waals surface area contributed by atoms with E-state index in [1.807, 2.05) is 42.6 Å². The van der Waals surface area contributed by atoms with Gasteiger partial charge in [0.05, 0.1) is 11.0 Å². The van der Waals surface area contributed by atoms with E-state index in [1.54, 1.807) is 6.20 Å². The number of hydrogen-bond donors (Lipinski definition) is 2. The van der Waals surface area contributed by atoms with Gasteiger partial charge in [-0.1, -0.05) is 72.8 Å². The van der Waals surface area contributed by atoms with E-state index < -0.39 is 0 Å². The van der Waals surface area contributed by atoms with Crippen LogP contribution in [0.3, 0.4) is 0 Å². The number of nitrogens with one attached hydrogen (secondary N) is 2. The maximum Gasteiger partial charge on any atom is 0.138 e. The number of fused-ring (bicyclic) bond motifs is 1. The first-order valence-corrected chi connectivity index (χ1v) is 9.19. The Hall–Kier alpha value is -3.92. The lowest BCUT2D eigenvalue weighted by atomic mass is 10.0. The highest BCUT2D eigenvalue weighted by atomic mass is 14.9. The number of imidazole rings is 2. The van der Waals surface area contributed by atoms with Gasteiger partial charge in [0, 0.05) is 23.5 Å². The third-order valence-electron chi connectivity index (χ3n) is 4.74. The van der Waals surface area contributed by atoms with Crippen LogP contribution in [0.5, 0.6) is 0 Å². The third-order valence-corrected chi connectivity index (χ3v) is 4.74. The van der Waals surface area contributed by atoms with Crippen LogP contribution >= 0.6 is 0 Å². The number of para-hydroxylation sites is 2. The molecule has 0 fully saturated rings. The zero-order valence-electron chi connectivity index (χ0n) is 15.1. The first-order chi connectivity index (χ1) is 13.9. The number of H-pyrrole nitrogens is 2. The van der Waals surface area contributed by atoms with Gasteiger partial charge in [0.25, 0.3) is 0 Å². The minimum absolute atomic E-state index is 0.875. The van der Waals surface area contributed by atoms with Gasteiger partial charge >= 0.3 is 0 Å². The molecular weight excluding hydrogens is 344 g/mol. The van der Waals surface area contributed by atoms with Crippen molar-refractivity contribution in [3.63, 3.8) is 0 Å². The molecule has 0 radical (unpaired) electrons. The van der Waals surface area contributed by atoms with Gasteiger partial charge < -0.3 is 9.97 Å². The molecule has 0 spiro atoms. The third kappa shape index (κ3) is 3.12. The summed E-state index contributed by atoms with van der Waals surface area (Å²) in [5, 5.41) is 0. The molecule has 4 heteroatoms. The van der Waals surface area contributed by atoms with Gasteiger partial charge in [0.15, 0.2) is 0 Å². The van der Waals surface area contributed by atoms with Gasteiger partial charge in [0.1, 0.15) is 11.6 Å². The average Bonchev–Trinajstić information content (AvgIpc) is 3.43. The van der Waals surface area contributed by atoms with E-state index in [0.29, 0.717) is 0 Å². The van der Waals surface area contributed by atoms with Gasteiger partial charge in [0.2, 0.25) is 0 Å². The molecule has 28 heavy (non-hydrogen) atoms. The van der Waals surface area contributed by atoms with Crippen LogP contribution in [-0.4, -0.2) is 19.9 Å². The maximum absolute atomic E-state index is 4.66. The highest BCUT2D eigenvalue weighted by Gasteiger charge is 2.05. The largest absolute Gasteiger partial charge is 0.345 e. The van der Waals surface area contributed by atoms with Crippen LogP contribution in [0.4, 0.5) is 0 Å². The lowest BCUT2D eigenvalue weighted by Gasteiger charge is -2.03. The molecular formula is C24H18N4. The van der Waals surface area contributed by atoms with E-state index >= 15 is 0 Å². The average molecular weight is 362 g/mol. The fraction of sp³-hybridized carbons (Fsp3) is 0. The summed E-state index contributed by atoms with van der Waals surface area (Å²) >= 11 is 0. The quantitative estimate of drug-likeness (QED) is 0.398. The number of nitrogens with zero attached hydrogens (tertiary/aromatic N) is 2. The van der Waals surface area contributed by atoms with E-state index in [1.165, 1.54) is 0 Å². The van der Waals surface area contributed by atoms with Gasteiger partial charge in [-0.25, -0.2) is 9.97 Å². The molecule has 2 heterocycles. The predicted octanol–water partition coefficient (Wildman–Crippen LogP) is 5.79. The summed E-state index contributed by atoms with van der Waals surface area (Å²) in [6, 6.07) is 24.7. The van der Waals surface area contributed by atoms with Gasteiger partial charge in [-0.3, -0.25) is 0 Å². The zero-order chi connectivity index (χ0) is 18.8. The predicted molar refractivity (Wildman–Crippen MR) is 114 cm³/mol. The van der Waals surface area contributed by atoms with Crippen molar-refractivity contribution in [2.75, 3.05) is 0 Å². The van der Waals surface area contributed by atoms with E-state index in [2.05, 4.69) is 68.5 Å². The first kappa shape index (κ1) is 16.3. The number of aromatic amines is 2. The Bertz CT molecular complexity index is 1210. The van der Waals surface area contributed by atoms with Crippen LogP contribution in [0.1, 0.15) is 11.1 Å². The van der Waals surface area contributed by atoms with Gasteiger partial charge in [-0.05, 0) is 23.3 Å². The van der Waals surface area contributed by atoms with E-state index in [9.17, 15) is 0 Å². The van der Waals surface area contributed by atoms with Crippen LogP contribution in [0.25, 0.3) is 46.0 Å². The molecule has 2 aromatic heterocycles. The van der Waals surface area contributed by atoms with Crippen molar-refractivity contribution in [3.8, 4) is 22.8 Å². The molecule has 0 bridgehead atoms. The molecule has 5 aromatic rings. The smallest absolute Gasteiger partial charge is 0.138 e. The highest BCUT2D eigenvalue weighted by molar-refractivity contribution is 5.81. The lowest BCUT2D eigenvalue weighted by Crippen LogP contribution is -1.85. The van der Waals surface area contributed by atoms with Crippen LogP contribution in [0, 0.1) is 0 Å². The summed E-state index contributed by atoms with van der Waals surface area (Å²) in [4.78, 5) is 15.6. The Morgan fingerprint density at radius 1 is 0.750 bits per heavy atom. The second kappa shape index (κ2) is 7.00. The summed E-state index contributed by atoms with van der Waals surface area (Å²) in [6.45, 7) is 0. The molecule has 0 aliphatic heterocycles. The summed E-state index contributed by atoms with van der Waals surface area (Å²) in [7, 11) is 0. The summed E-state index contributed by atoms with van der Waals surface area (Å²) in [5.74, 6) is 1.76. The topological polar surface area (TPSA) is 57.4 Å². The van der Waals surface area contributed by atoms with Crippen LogP contribution in [0.2, 0.25) is 0 Å². The normalized spacial score (nSPS) is 11.4. The summed E-state index contributed by atoms with van der Waals surface area (Å²) in [6.07, 6.45) is 7.84. The maximum atomic E-state index is 4.66. The fourth-order valence-electron chi connectivity index (χ4n) is 3.30. The minimum atomic E-state index is 0.875. The highest BCUT2D eigenvalue weighted by Crippen LogP contribution is 2.24. The van der Waals surface area contributed by atoms with Crippen molar-refractivity contribution in [2.45, 2.75) is 0 Å². The van der Waals surface area contributed by atoms with Gasteiger partial charge in [-0.2, -0.15) is 0 Å². The second-order valence-corrected chi connectivity index (χ2v) is 6.58. The lowest BCUT2D eigenvalue weighted by molar-refractivity contribution is 1.31. The van der Waals surface area contributed by atoms with Crippen LogP contribution < -0.4 is 0 Å². The molecule has 0 saturated carbocycles. The zero-order valence-corrected chi connectivity index (χ0v) is 15.1. The van der Waals surface area contributed by atoms with E-state index in [4.69, 9.17) is 0 Å². The molecule has 5 rings (SSSR count). The van der Waals surface area contributed by atoms with Crippen molar-refractivity contribution < 1.29 is 0 Å². The molecule has 0 saturated heterocycles. The minimum Gasteiger partial charge on any atom is -0.345 e. The van der Waals surface area contributed by atoms with E-state index in [-0.39, 0.29) is 0 Å². The van der Waals surface area contributed by atoms with Crippen molar-refractivity contribution in [1.82, 2.24) is 19.9 Å². The molecule has 0 atom stereocenters. The second-order valence-electron chi connectivity index (χ2n) is 6.58. The molecule has 4 nitrogen and oxygen atoms in total. The molecule has 0 unspecified atom stereocenters. The van der Waals surface area contributed by atoms with Crippen molar-refractivity contribution in [1.29, 1.82) is 0 Å². The Morgan fingerprint density at radius 3 is 2.39 bits per heavy atom. The van der Waals surface area contributed by atoms with E-state index in [0.717, 1.165) is 44.9 Å². The number of benzene rings is 3. The van der Waals surface area contributed by atoms with Crippen molar-refractivity contribution in [3.05, 3.63) is 96.3 Å².